The van der Waals surface area contributed by atoms with E-state index in [4.69, 9.17) is 21.1 Å². The molecule has 0 saturated heterocycles. The maximum absolute atomic E-state index is 12.3. The highest BCUT2D eigenvalue weighted by Crippen LogP contribution is 2.35. The Bertz CT molecular complexity index is 1050. The SMILES string of the molecule is COCCOC(=O)c1sc2ncnc(Nc3ccc(Cl)c(C(=O)O)c3)c2c1C. The van der Waals surface area contributed by atoms with Crippen LogP contribution in [0.1, 0.15) is 25.6 Å². The predicted octanol–water partition coefficient (Wildman–Crippen LogP) is 3.90. The van der Waals surface area contributed by atoms with E-state index in [1.54, 1.807) is 13.0 Å². The molecule has 0 aliphatic carbocycles. The molecule has 2 heterocycles. The molecule has 0 bridgehead atoms. The van der Waals surface area contributed by atoms with Crippen LogP contribution in [0.2, 0.25) is 5.02 Å². The monoisotopic (exact) mass is 421 g/mol. The zero-order valence-electron chi connectivity index (χ0n) is 15.0. The van der Waals surface area contributed by atoms with E-state index in [9.17, 15) is 14.7 Å². The van der Waals surface area contributed by atoms with Crippen LogP contribution in [0.25, 0.3) is 10.2 Å². The number of thiophene rings is 1. The third-order valence-corrected chi connectivity index (χ3v) is 5.40. The van der Waals surface area contributed by atoms with Crippen LogP contribution in [0.3, 0.4) is 0 Å². The normalized spacial score (nSPS) is 10.8. The first kappa shape index (κ1) is 20.0. The molecule has 0 aliphatic rings. The molecule has 146 valence electrons. The van der Waals surface area contributed by atoms with Crippen LogP contribution in [-0.4, -0.2) is 47.3 Å². The number of aromatic nitrogens is 2. The van der Waals surface area contributed by atoms with E-state index in [-0.39, 0.29) is 17.2 Å². The number of carboxylic acids is 1. The summed E-state index contributed by atoms with van der Waals surface area (Å²) in [5.74, 6) is -1.13. The Kier molecular flexibility index (Phi) is 6.08. The summed E-state index contributed by atoms with van der Waals surface area (Å²) in [6.45, 7) is 2.25. The topological polar surface area (TPSA) is 111 Å². The molecule has 2 N–H and O–H groups in total. The van der Waals surface area contributed by atoms with Crippen molar-refractivity contribution in [1.29, 1.82) is 0 Å². The van der Waals surface area contributed by atoms with Gasteiger partial charge in [-0.15, -0.1) is 11.3 Å². The number of benzene rings is 1. The van der Waals surface area contributed by atoms with Crippen molar-refractivity contribution in [3.63, 3.8) is 0 Å². The van der Waals surface area contributed by atoms with E-state index >= 15 is 0 Å². The van der Waals surface area contributed by atoms with Crippen molar-refractivity contribution in [2.45, 2.75) is 6.92 Å². The summed E-state index contributed by atoms with van der Waals surface area (Å²) in [7, 11) is 1.53. The van der Waals surface area contributed by atoms with E-state index in [0.717, 1.165) is 0 Å². The lowest BCUT2D eigenvalue weighted by Crippen LogP contribution is -2.09. The number of esters is 1. The van der Waals surface area contributed by atoms with Crippen molar-refractivity contribution < 1.29 is 24.2 Å². The van der Waals surface area contributed by atoms with Crippen LogP contribution >= 0.6 is 22.9 Å². The fourth-order valence-corrected chi connectivity index (χ4v) is 3.79. The average molecular weight is 422 g/mol. The largest absolute Gasteiger partial charge is 0.478 e. The molecule has 0 radical (unpaired) electrons. The zero-order valence-corrected chi connectivity index (χ0v) is 16.6. The molecule has 8 nitrogen and oxygen atoms in total. The number of halogens is 1. The minimum absolute atomic E-state index is 0.0265. The number of aromatic carboxylic acids is 1. The summed E-state index contributed by atoms with van der Waals surface area (Å²) in [5.41, 5.74) is 1.15. The third-order valence-electron chi connectivity index (χ3n) is 3.89. The Morgan fingerprint density at radius 3 is 2.79 bits per heavy atom. The molecule has 2 aromatic heterocycles. The Morgan fingerprint density at radius 1 is 1.29 bits per heavy atom. The van der Waals surface area contributed by atoms with Crippen molar-refractivity contribution >= 4 is 56.6 Å². The summed E-state index contributed by atoms with van der Waals surface area (Å²) in [6.07, 6.45) is 1.37. The summed E-state index contributed by atoms with van der Waals surface area (Å²) < 4.78 is 10.1. The Balaban J connectivity index is 1.96. The molecule has 0 spiro atoms. The number of anilines is 2. The number of carbonyl (C=O) groups is 2. The average Bonchev–Trinajstić information content (AvgIpc) is 3.01. The van der Waals surface area contributed by atoms with Crippen LogP contribution < -0.4 is 5.32 Å². The van der Waals surface area contributed by atoms with Crippen LogP contribution in [-0.2, 0) is 9.47 Å². The lowest BCUT2D eigenvalue weighted by Gasteiger charge is -2.09. The van der Waals surface area contributed by atoms with Gasteiger partial charge in [0.05, 0.1) is 22.6 Å². The molecule has 0 atom stereocenters. The summed E-state index contributed by atoms with van der Waals surface area (Å²) in [4.78, 5) is 33.1. The van der Waals surface area contributed by atoms with Crippen molar-refractivity contribution in [1.82, 2.24) is 9.97 Å². The minimum atomic E-state index is -1.13. The molecule has 3 rings (SSSR count). The van der Waals surface area contributed by atoms with Crippen LogP contribution in [0.15, 0.2) is 24.5 Å². The molecular formula is C18H16ClN3O5S. The van der Waals surface area contributed by atoms with Gasteiger partial charge in [0.15, 0.2) is 0 Å². The summed E-state index contributed by atoms with van der Waals surface area (Å²) >= 11 is 7.12. The van der Waals surface area contributed by atoms with Crippen molar-refractivity contribution in [3.05, 3.63) is 45.6 Å². The maximum atomic E-state index is 12.3. The van der Waals surface area contributed by atoms with Gasteiger partial charge < -0.3 is 19.9 Å². The molecule has 10 heteroatoms. The first-order valence-electron chi connectivity index (χ1n) is 8.12. The number of methoxy groups -OCH3 is 1. The van der Waals surface area contributed by atoms with E-state index in [1.165, 1.54) is 36.9 Å². The molecule has 28 heavy (non-hydrogen) atoms. The number of aryl methyl sites for hydroxylation is 1. The number of carboxylic acid groups (broad SMARTS) is 1. The molecule has 0 amide bonds. The van der Waals surface area contributed by atoms with Crippen LogP contribution in [0.5, 0.6) is 0 Å². The standard InChI is InChI=1S/C18H16ClN3O5S/c1-9-13-15(22-10-3-4-12(19)11(7-10)17(23)24)20-8-21-16(13)28-14(9)18(25)27-6-5-26-2/h3-4,7-8H,5-6H2,1-2H3,(H,23,24)(H,20,21,22). The smallest absolute Gasteiger partial charge is 0.348 e. The van der Waals surface area contributed by atoms with E-state index in [0.29, 0.717) is 38.8 Å². The summed E-state index contributed by atoms with van der Waals surface area (Å²) in [6, 6.07) is 4.55. The van der Waals surface area contributed by atoms with E-state index in [2.05, 4.69) is 15.3 Å². The fourth-order valence-electron chi connectivity index (χ4n) is 2.55. The predicted molar refractivity (Wildman–Crippen MR) is 106 cm³/mol. The van der Waals surface area contributed by atoms with Gasteiger partial charge in [0, 0.05) is 12.8 Å². The van der Waals surface area contributed by atoms with Crippen LogP contribution in [0.4, 0.5) is 11.5 Å². The van der Waals surface area contributed by atoms with Crippen molar-refractivity contribution in [2.24, 2.45) is 0 Å². The van der Waals surface area contributed by atoms with Gasteiger partial charge in [-0.05, 0) is 30.7 Å². The summed E-state index contributed by atoms with van der Waals surface area (Å²) in [5, 5.41) is 13.1. The zero-order chi connectivity index (χ0) is 20.3. The number of hydrogen-bond acceptors (Lipinski definition) is 8. The molecule has 0 aliphatic heterocycles. The number of fused-ring (bicyclic) bond motifs is 1. The third kappa shape index (κ3) is 4.06. The minimum Gasteiger partial charge on any atom is -0.478 e. The van der Waals surface area contributed by atoms with Gasteiger partial charge in [-0.2, -0.15) is 0 Å². The van der Waals surface area contributed by atoms with Gasteiger partial charge in [-0.1, -0.05) is 11.6 Å². The first-order chi connectivity index (χ1) is 13.4. The second-order valence-electron chi connectivity index (χ2n) is 5.71. The van der Waals surface area contributed by atoms with Crippen LogP contribution in [0, 0.1) is 6.92 Å². The van der Waals surface area contributed by atoms with Gasteiger partial charge in [-0.25, -0.2) is 19.6 Å². The maximum Gasteiger partial charge on any atom is 0.348 e. The molecular weight excluding hydrogens is 406 g/mol. The lowest BCUT2D eigenvalue weighted by molar-refractivity contribution is 0.0392. The van der Waals surface area contributed by atoms with Gasteiger partial charge in [0.2, 0.25) is 0 Å². The van der Waals surface area contributed by atoms with E-state index in [1.807, 2.05) is 0 Å². The molecule has 0 saturated carbocycles. The Labute approximate surface area is 169 Å². The number of ether oxygens (including phenoxy) is 2. The van der Waals surface area contributed by atoms with Crippen molar-refractivity contribution in [2.75, 3.05) is 25.6 Å². The highest BCUT2D eigenvalue weighted by molar-refractivity contribution is 7.20. The molecule has 0 fully saturated rings. The van der Waals surface area contributed by atoms with Gasteiger partial charge >= 0.3 is 11.9 Å². The number of nitrogens with one attached hydrogen (secondary N) is 1. The Hall–Kier alpha value is -2.75. The molecule has 0 unspecified atom stereocenters. The molecule has 1 aromatic carbocycles. The second kappa shape index (κ2) is 8.51. The number of rotatable bonds is 7. The second-order valence-corrected chi connectivity index (χ2v) is 7.12. The fraction of sp³-hybridized carbons (Fsp3) is 0.222. The number of nitrogens with zero attached hydrogens (tertiary/aromatic N) is 2. The Morgan fingerprint density at radius 2 is 2.07 bits per heavy atom. The molecule has 3 aromatic rings. The highest BCUT2D eigenvalue weighted by atomic mass is 35.5. The highest BCUT2D eigenvalue weighted by Gasteiger charge is 2.21. The number of hydrogen-bond donors (Lipinski definition) is 2. The van der Waals surface area contributed by atoms with Gasteiger partial charge in [-0.3, -0.25) is 0 Å². The van der Waals surface area contributed by atoms with Gasteiger partial charge in [0.1, 0.15) is 28.5 Å². The van der Waals surface area contributed by atoms with E-state index < -0.39 is 11.9 Å². The van der Waals surface area contributed by atoms with Gasteiger partial charge in [0.25, 0.3) is 0 Å². The number of carbonyl (C=O) groups excluding carboxylic acids is 1. The quantitative estimate of drug-likeness (QED) is 0.436. The lowest BCUT2D eigenvalue weighted by atomic mass is 10.1. The first-order valence-corrected chi connectivity index (χ1v) is 9.31. The van der Waals surface area contributed by atoms with Crippen molar-refractivity contribution in [3.8, 4) is 0 Å².